The summed E-state index contributed by atoms with van der Waals surface area (Å²) >= 11 is 1.81. The molecule has 0 saturated carbocycles. The van der Waals surface area contributed by atoms with Crippen molar-refractivity contribution in [3.05, 3.63) is 96.1 Å². The summed E-state index contributed by atoms with van der Waals surface area (Å²) in [5.74, 6) is 0. The molecule has 0 spiro atoms. The third-order valence-corrected chi connectivity index (χ3v) is 6.80. The number of fused-ring (bicyclic) bond motifs is 1. The van der Waals surface area contributed by atoms with Crippen molar-refractivity contribution in [2.24, 2.45) is 0 Å². The number of benzene rings is 3. The van der Waals surface area contributed by atoms with Gasteiger partial charge < -0.3 is 4.90 Å². The minimum absolute atomic E-state index is 0.471. The summed E-state index contributed by atoms with van der Waals surface area (Å²) in [6.45, 7) is 4.10. The molecule has 1 atom stereocenters. The lowest BCUT2D eigenvalue weighted by molar-refractivity contribution is 0.167. The zero-order valence-electron chi connectivity index (χ0n) is 16.4. The van der Waals surface area contributed by atoms with Gasteiger partial charge in [0.25, 0.3) is 0 Å². The van der Waals surface area contributed by atoms with Gasteiger partial charge in [-0.3, -0.25) is 4.90 Å². The highest BCUT2D eigenvalue weighted by Crippen LogP contribution is 2.30. The van der Waals surface area contributed by atoms with Gasteiger partial charge in [-0.1, -0.05) is 84.1 Å². The minimum Gasteiger partial charge on any atom is -0.345 e. The Morgan fingerprint density at radius 2 is 1.48 bits per heavy atom. The van der Waals surface area contributed by atoms with Gasteiger partial charge in [0, 0.05) is 32.2 Å². The van der Waals surface area contributed by atoms with Crippen molar-refractivity contribution in [2.45, 2.75) is 19.0 Å². The van der Waals surface area contributed by atoms with Crippen LogP contribution in [0.15, 0.2) is 84.9 Å². The molecular formula is C25H25N3S. The first kappa shape index (κ1) is 18.3. The van der Waals surface area contributed by atoms with Crippen LogP contribution < -0.4 is 4.90 Å². The van der Waals surface area contributed by atoms with Gasteiger partial charge in [0.1, 0.15) is 0 Å². The third-order valence-electron chi connectivity index (χ3n) is 5.70. The van der Waals surface area contributed by atoms with E-state index in [0.717, 1.165) is 43.2 Å². The van der Waals surface area contributed by atoms with E-state index in [1.165, 1.54) is 15.8 Å². The van der Waals surface area contributed by atoms with Gasteiger partial charge >= 0.3 is 0 Å². The van der Waals surface area contributed by atoms with Crippen LogP contribution in [0.5, 0.6) is 0 Å². The lowest BCUT2D eigenvalue weighted by atomic mass is 10.0. The highest BCUT2D eigenvalue weighted by atomic mass is 32.1. The standard InChI is InChI=1S/C25H25N3S/c1-3-9-20(10-4-1)17-22-19-28(25-26-23-13-7-8-14-24(23)29-25)16-15-27(22)18-21-11-5-2-6-12-21/h1-14,22H,15-19H2. The third kappa shape index (κ3) is 4.19. The summed E-state index contributed by atoms with van der Waals surface area (Å²) in [5.41, 5.74) is 3.90. The molecule has 146 valence electrons. The van der Waals surface area contributed by atoms with Crippen molar-refractivity contribution >= 4 is 26.7 Å². The maximum atomic E-state index is 4.91. The van der Waals surface area contributed by atoms with E-state index in [9.17, 15) is 0 Å². The van der Waals surface area contributed by atoms with Crippen molar-refractivity contribution < 1.29 is 0 Å². The highest BCUT2D eigenvalue weighted by Gasteiger charge is 2.28. The molecule has 1 aromatic heterocycles. The number of nitrogens with zero attached hydrogens (tertiary/aromatic N) is 3. The summed E-state index contributed by atoms with van der Waals surface area (Å²) in [4.78, 5) is 10.0. The number of piperazine rings is 1. The predicted octanol–water partition coefficient (Wildman–Crippen LogP) is 5.23. The fourth-order valence-corrected chi connectivity index (χ4v) is 5.17. The molecule has 0 bridgehead atoms. The van der Waals surface area contributed by atoms with Crippen molar-refractivity contribution in [3.8, 4) is 0 Å². The number of thiazole rings is 1. The zero-order valence-corrected chi connectivity index (χ0v) is 17.3. The van der Waals surface area contributed by atoms with E-state index in [1.54, 1.807) is 0 Å². The van der Waals surface area contributed by atoms with Crippen LogP contribution in [0.4, 0.5) is 5.13 Å². The molecule has 0 amide bonds. The maximum absolute atomic E-state index is 4.91. The van der Waals surface area contributed by atoms with Crippen LogP contribution in [0.1, 0.15) is 11.1 Å². The Bertz CT molecular complexity index is 1030. The molecule has 0 N–H and O–H groups in total. The summed E-state index contributed by atoms with van der Waals surface area (Å²) in [5, 5.41) is 1.16. The SMILES string of the molecule is c1ccc(CC2CN(c3nc4ccccc4s3)CCN2Cc2ccccc2)cc1. The van der Waals surface area contributed by atoms with Crippen molar-refractivity contribution in [1.29, 1.82) is 0 Å². The normalized spacial score (nSPS) is 17.7. The number of hydrogen-bond donors (Lipinski definition) is 0. The Balaban J connectivity index is 1.39. The van der Waals surface area contributed by atoms with Crippen molar-refractivity contribution in [3.63, 3.8) is 0 Å². The molecule has 4 aromatic rings. The molecule has 1 aliphatic rings. The number of rotatable bonds is 5. The summed E-state index contributed by atoms with van der Waals surface area (Å²) in [6.07, 6.45) is 1.06. The van der Waals surface area contributed by atoms with E-state index >= 15 is 0 Å². The molecular weight excluding hydrogens is 374 g/mol. The predicted molar refractivity (Wildman–Crippen MR) is 123 cm³/mol. The molecule has 0 radical (unpaired) electrons. The quantitative estimate of drug-likeness (QED) is 0.458. The smallest absolute Gasteiger partial charge is 0.186 e. The second-order valence-corrected chi connectivity index (χ2v) is 8.72. The average Bonchev–Trinajstić information content (AvgIpc) is 3.21. The van der Waals surface area contributed by atoms with Gasteiger partial charge in [-0.05, 0) is 29.7 Å². The maximum Gasteiger partial charge on any atom is 0.186 e. The van der Waals surface area contributed by atoms with Gasteiger partial charge in [0.2, 0.25) is 0 Å². The number of anilines is 1. The molecule has 29 heavy (non-hydrogen) atoms. The van der Waals surface area contributed by atoms with Crippen molar-refractivity contribution in [2.75, 3.05) is 24.5 Å². The van der Waals surface area contributed by atoms with E-state index in [4.69, 9.17) is 4.98 Å². The summed E-state index contributed by atoms with van der Waals surface area (Å²) in [7, 11) is 0. The molecule has 1 saturated heterocycles. The second-order valence-electron chi connectivity index (χ2n) is 7.71. The van der Waals surface area contributed by atoms with Crippen LogP contribution >= 0.6 is 11.3 Å². The molecule has 2 heterocycles. The lowest BCUT2D eigenvalue weighted by Gasteiger charge is -2.41. The first-order valence-corrected chi connectivity index (χ1v) is 11.1. The highest BCUT2D eigenvalue weighted by molar-refractivity contribution is 7.22. The largest absolute Gasteiger partial charge is 0.345 e. The summed E-state index contributed by atoms with van der Waals surface area (Å²) < 4.78 is 1.27. The van der Waals surface area contributed by atoms with Crippen LogP contribution in [-0.4, -0.2) is 35.6 Å². The molecule has 1 unspecified atom stereocenters. The molecule has 3 nitrogen and oxygen atoms in total. The van der Waals surface area contributed by atoms with Crippen LogP contribution in [0.3, 0.4) is 0 Å². The minimum atomic E-state index is 0.471. The molecule has 4 heteroatoms. The van der Waals surface area contributed by atoms with Gasteiger partial charge in [0.15, 0.2) is 5.13 Å². The van der Waals surface area contributed by atoms with E-state index in [1.807, 2.05) is 11.3 Å². The van der Waals surface area contributed by atoms with E-state index in [-0.39, 0.29) is 0 Å². The topological polar surface area (TPSA) is 19.4 Å². The van der Waals surface area contributed by atoms with Gasteiger partial charge in [-0.2, -0.15) is 0 Å². The Morgan fingerprint density at radius 1 is 0.793 bits per heavy atom. The van der Waals surface area contributed by atoms with Crippen LogP contribution in [0.2, 0.25) is 0 Å². The van der Waals surface area contributed by atoms with Gasteiger partial charge in [0.05, 0.1) is 10.2 Å². The van der Waals surface area contributed by atoms with Crippen LogP contribution in [-0.2, 0) is 13.0 Å². The molecule has 1 fully saturated rings. The first-order chi connectivity index (χ1) is 14.3. The molecule has 5 rings (SSSR count). The fraction of sp³-hybridized carbons (Fsp3) is 0.240. The molecule has 1 aliphatic heterocycles. The monoisotopic (exact) mass is 399 g/mol. The van der Waals surface area contributed by atoms with E-state index in [0.29, 0.717) is 6.04 Å². The average molecular weight is 400 g/mol. The van der Waals surface area contributed by atoms with E-state index in [2.05, 4.69) is 94.7 Å². The molecule has 3 aromatic carbocycles. The number of aromatic nitrogens is 1. The Morgan fingerprint density at radius 3 is 2.24 bits per heavy atom. The lowest BCUT2D eigenvalue weighted by Crippen LogP contribution is -2.53. The van der Waals surface area contributed by atoms with E-state index < -0.39 is 0 Å². The van der Waals surface area contributed by atoms with Crippen molar-refractivity contribution in [1.82, 2.24) is 9.88 Å². The van der Waals surface area contributed by atoms with Crippen LogP contribution in [0, 0.1) is 0 Å². The van der Waals surface area contributed by atoms with Crippen LogP contribution in [0.25, 0.3) is 10.2 Å². The number of hydrogen-bond acceptors (Lipinski definition) is 4. The van der Waals surface area contributed by atoms with Gasteiger partial charge in [-0.25, -0.2) is 4.98 Å². The Kier molecular flexibility index (Phi) is 5.29. The number of para-hydroxylation sites is 1. The Labute approximate surface area is 176 Å². The Hall–Kier alpha value is -2.69. The zero-order chi connectivity index (χ0) is 19.5. The van der Waals surface area contributed by atoms with Gasteiger partial charge in [-0.15, -0.1) is 0 Å². The first-order valence-electron chi connectivity index (χ1n) is 10.3. The fourth-order valence-electron chi connectivity index (χ4n) is 4.17. The second kappa shape index (κ2) is 8.36. The molecule has 0 aliphatic carbocycles. The summed E-state index contributed by atoms with van der Waals surface area (Å²) in [6, 6.07) is 30.6.